The van der Waals surface area contributed by atoms with E-state index in [-0.39, 0.29) is 44.9 Å². The van der Waals surface area contributed by atoms with Crippen molar-refractivity contribution in [2.45, 2.75) is 30.7 Å². The van der Waals surface area contributed by atoms with Crippen LogP contribution in [0.15, 0.2) is 77.7 Å². The lowest BCUT2D eigenvalue weighted by atomic mass is 9.76. The number of carbonyl (C=O) groups excluding carboxylic acids is 1. The molecule has 0 atom stereocenters. The van der Waals surface area contributed by atoms with Crippen LogP contribution in [0.4, 0.5) is 13.2 Å². The van der Waals surface area contributed by atoms with Crippen LogP contribution in [0.5, 0.6) is 5.75 Å². The van der Waals surface area contributed by atoms with Gasteiger partial charge in [-0.05, 0) is 54.8 Å². The summed E-state index contributed by atoms with van der Waals surface area (Å²) in [7, 11) is -2.49. The van der Waals surface area contributed by atoms with Crippen molar-refractivity contribution in [3.05, 3.63) is 95.8 Å². The number of ether oxygens (including phenoxy) is 1. The van der Waals surface area contributed by atoms with Crippen LogP contribution < -0.4 is 4.74 Å². The van der Waals surface area contributed by atoms with Gasteiger partial charge in [0.15, 0.2) is 0 Å². The van der Waals surface area contributed by atoms with Crippen molar-refractivity contribution < 1.29 is 31.1 Å². The fourth-order valence-electron chi connectivity index (χ4n) is 4.57. The first-order valence-electron chi connectivity index (χ1n) is 12.2. The van der Waals surface area contributed by atoms with Gasteiger partial charge < -0.3 is 9.64 Å². The van der Waals surface area contributed by atoms with Gasteiger partial charge in [0.25, 0.3) is 0 Å². The molecule has 0 N–H and O–H groups in total. The van der Waals surface area contributed by atoms with E-state index in [9.17, 15) is 26.4 Å². The zero-order chi connectivity index (χ0) is 27.3. The topological polar surface area (TPSA) is 66.9 Å². The van der Waals surface area contributed by atoms with Crippen LogP contribution in [0.25, 0.3) is 0 Å². The van der Waals surface area contributed by atoms with Crippen molar-refractivity contribution >= 4 is 15.9 Å². The lowest BCUT2D eigenvalue weighted by Crippen LogP contribution is -2.47. The second-order valence-corrected chi connectivity index (χ2v) is 11.5. The summed E-state index contributed by atoms with van der Waals surface area (Å²) >= 11 is 0. The summed E-state index contributed by atoms with van der Waals surface area (Å²) < 4.78 is 74.2. The lowest BCUT2D eigenvalue weighted by molar-refractivity contribution is -0.134. The average molecular weight is 547 g/mol. The van der Waals surface area contributed by atoms with E-state index in [0.717, 1.165) is 22.0 Å². The second-order valence-electron chi connectivity index (χ2n) is 9.63. The predicted molar refractivity (Wildman–Crippen MR) is 136 cm³/mol. The van der Waals surface area contributed by atoms with Gasteiger partial charge in [-0.25, -0.2) is 21.6 Å². The lowest BCUT2D eigenvalue weighted by Gasteiger charge is -2.41. The molecule has 1 saturated heterocycles. The van der Waals surface area contributed by atoms with Crippen LogP contribution in [0.2, 0.25) is 0 Å². The van der Waals surface area contributed by atoms with Gasteiger partial charge in [0, 0.05) is 44.6 Å². The molecule has 202 valence electrons. The molecule has 0 aliphatic carbocycles. The van der Waals surface area contributed by atoms with E-state index in [4.69, 9.17) is 4.74 Å². The minimum Gasteiger partial charge on any atom is -0.493 e. The Balaban J connectivity index is 1.50. The first kappa shape index (κ1) is 27.7. The van der Waals surface area contributed by atoms with E-state index >= 15 is 0 Å². The third-order valence-electron chi connectivity index (χ3n) is 6.87. The van der Waals surface area contributed by atoms with E-state index in [0.29, 0.717) is 18.4 Å². The molecule has 1 fully saturated rings. The summed E-state index contributed by atoms with van der Waals surface area (Å²) in [6, 6.07) is 17.4. The van der Waals surface area contributed by atoms with Crippen molar-refractivity contribution in [3.63, 3.8) is 0 Å². The highest BCUT2D eigenvalue weighted by atomic mass is 32.2. The number of rotatable bonds is 9. The Morgan fingerprint density at radius 2 is 1.58 bits per heavy atom. The second kappa shape index (κ2) is 11.6. The number of halogens is 3. The Kier molecular flexibility index (Phi) is 8.42. The smallest absolute Gasteiger partial charge is 0.245 e. The maximum atomic E-state index is 14.3. The highest BCUT2D eigenvalue weighted by Crippen LogP contribution is 2.38. The highest BCUT2D eigenvalue weighted by Gasteiger charge is 2.42. The summed E-state index contributed by atoms with van der Waals surface area (Å²) in [6.07, 6.45) is 0.665. The Labute approximate surface area is 220 Å². The number of carbonyl (C=O) groups is 1. The maximum absolute atomic E-state index is 14.3. The number of nitrogens with zero attached hydrogens (tertiary/aromatic N) is 2. The first-order chi connectivity index (χ1) is 18.1. The monoisotopic (exact) mass is 546 g/mol. The summed E-state index contributed by atoms with van der Waals surface area (Å²) in [5, 5.41) is 0. The molecule has 0 bridgehead atoms. The molecule has 1 aliphatic heterocycles. The van der Waals surface area contributed by atoms with Gasteiger partial charge in [0.1, 0.15) is 28.1 Å². The minimum absolute atomic E-state index is 0.0294. The standard InChI is InChI=1S/C28H29F3N2O4S/c1-32(19-21-5-3-2-4-6-21)27(34)18-28(20-37-24-10-7-22(29)8-11-24)13-15-33(16-14-28)38(35,36)26-12-9-23(30)17-25(26)31/h2-12,17H,13-16,18-20H2,1H3. The quantitative estimate of drug-likeness (QED) is 0.379. The molecule has 0 radical (unpaired) electrons. The van der Waals surface area contributed by atoms with Crippen LogP contribution in [0.1, 0.15) is 24.8 Å². The minimum atomic E-state index is -4.20. The van der Waals surface area contributed by atoms with Crippen LogP contribution in [-0.2, 0) is 21.4 Å². The molecule has 1 aliphatic rings. The Hall–Kier alpha value is -3.37. The van der Waals surface area contributed by atoms with Crippen molar-refractivity contribution in [1.82, 2.24) is 9.21 Å². The Bertz CT molecular complexity index is 1360. The summed E-state index contributed by atoms with van der Waals surface area (Å²) in [5.41, 5.74) is 0.270. The molecule has 0 spiro atoms. The molecular formula is C28H29F3N2O4S. The van der Waals surface area contributed by atoms with Gasteiger partial charge in [-0.15, -0.1) is 0 Å². The molecule has 1 amide bonds. The number of hydrogen-bond donors (Lipinski definition) is 0. The van der Waals surface area contributed by atoms with Gasteiger partial charge in [0.2, 0.25) is 15.9 Å². The van der Waals surface area contributed by atoms with Crippen LogP contribution >= 0.6 is 0 Å². The van der Waals surface area contributed by atoms with Crippen molar-refractivity contribution in [2.24, 2.45) is 5.41 Å². The van der Waals surface area contributed by atoms with Crippen molar-refractivity contribution in [2.75, 3.05) is 26.7 Å². The largest absolute Gasteiger partial charge is 0.493 e. The first-order valence-corrected chi connectivity index (χ1v) is 13.6. The average Bonchev–Trinajstić information content (AvgIpc) is 2.89. The summed E-state index contributed by atoms with van der Waals surface area (Å²) in [6.45, 7) is 0.588. The number of hydrogen-bond acceptors (Lipinski definition) is 4. The molecule has 0 unspecified atom stereocenters. The molecule has 3 aromatic rings. The molecule has 6 nitrogen and oxygen atoms in total. The highest BCUT2D eigenvalue weighted by molar-refractivity contribution is 7.89. The molecule has 0 aromatic heterocycles. The Morgan fingerprint density at radius 3 is 2.21 bits per heavy atom. The van der Waals surface area contributed by atoms with E-state index in [1.165, 1.54) is 24.3 Å². The molecule has 38 heavy (non-hydrogen) atoms. The summed E-state index contributed by atoms with van der Waals surface area (Å²) in [5.74, 6) is -2.12. The number of benzene rings is 3. The third-order valence-corrected chi connectivity index (χ3v) is 8.80. The van der Waals surface area contributed by atoms with E-state index in [1.807, 2.05) is 30.3 Å². The van der Waals surface area contributed by atoms with Gasteiger partial charge in [-0.3, -0.25) is 4.79 Å². The van der Waals surface area contributed by atoms with E-state index in [1.54, 1.807) is 11.9 Å². The molecular weight excluding hydrogens is 517 g/mol. The number of piperidine rings is 1. The number of amides is 1. The zero-order valence-electron chi connectivity index (χ0n) is 20.9. The van der Waals surface area contributed by atoms with Crippen LogP contribution in [0.3, 0.4) is 0 Å². The fourth-order valence-corrected chi connectivity index (χ4v) is 6.05. The molecule has 10 heteroatoms. The van der Waals surface area contributed by atoms with Gasteiger partial charge in [-0.2, -0.15) is 4.31 Å². The van der Waals surface area contributed by atoms with Crippen LogP contribution in [0, 0.1) is 22.9 Å². The number of sulfonamides is 1. The predicted octanol–water partition coefficient (Wildman–Crippen LogP) is 5.00. The Morgan fingerprint density at radius 1 is 0.947 bits per heavy atom. The molecule has 1 heterocycles. The van der Waals surface area contributed by atoms with Crippen molar-refractivity contribution in [3.8, 4) is 5.75 Å². The molecule has 3 aromatic carbocycles. The van der Waals surface area contributed by atoms with Crippen molar-refractivity contribution in [1.29, 1.82) is 0 Å². The van der Waals surface area contributed by atoms with Gasteiger partial charge >= 0.3 is 0 Å². The maximum Gasteiger partial charge on any atom is 0.245 e. The normalized spacial score (nSPS) is 15.7. The van der Waals surface area contributed by atoms with E-state index in [2.05, 4.69) is 0 Å². The zero-order valence-corrected chi connectivity index (χ0v) is 21.8. The van der Waals surface area contributed by atoms with Crippen LogP contribution in [-0.4, -0.2) is 50.3 Å². The molecule has 0 saturated carbocycles. The van der Waals surface area contributed by atoms with Gasteiger partial charge in [0.05, 0.1) is 6.61 Å². The summed E-state index contributed by atoms with van der Waals surface area (Å²) in [4.78, 5) is 14.3. The fraction of sp³-hybridized carbons (Fsp3) is 0.321. The SMILES string of the molecule is CN(Cc1ccccc1)C(=O)CC1(COc2ccc(F)cc2)CCN(S(=O)(=O)c2ccc(F)cc2F)CC1. The van der Waals surface area contributed by atoms with E-state index < -0.39 is 37.8 Å². The molecule has 4 rings (SSSR count). The van der Waals surface area contributed by atoms with Gasteiger partial charge in [-0.1, -0.05) is 30.3 Å². The third kappa shape index (κ3) is 6.54.